The van der Waals surface area contributed by atoms with E-state index in [2.05, 4.69) is 42.4 Å². The minimum atomic E-state index is 0.636. The first-order valence-corrected chi connectivity index (χ1v) is 6.92. The molecule has 1 heterocycles. The van der Waals surface area contributed by atoms with Gasteiger partial charge >= 0.3 is 0 Å². The smallest absolute Gasteiger partial charge is 0.181 e. The molecule has 0 unspecified atom stereocenters. The Morgan fingerprint density at radius 2 is 2.28 bits per heavy atom. The first kappa shape index (κ1) is 13.1. The number of anilines is 1. The van der Waals surface area contributed by atoms with E-state index >= 15 is 0 Å². The molecular formula is C14H19N3S. The molecule has 1 aromatic carbocycles. The second kappa shape index (κ2) is 5.50. The van der Waals surface area contributed by atoms with E-state index in [9.17, 15) is 0 Å². The standard InChI is InChI=1S/C14H19N3S/c1-4-17(8-10(2)3)9-11-5-6-12-13(7-11)18-14(15)16-12/h5-7H,2,4,8-9H2,1,3H3,(H2,15,16). The van der Waals surface area contributed by atoms with Crippen molar-refractivity contribution >= 4 is 26.7 Å². The number of benzene rings is 1. The predicted octanol–water partition coefficient (Wildman–Crippen LogP) is 3.28. The Kier molecular flexibility index (Phi) is 3.99. The number of thiazole rings is 1. The zero-order valence-corrected chi connectivity index (χ0v) is 11.8. The molecule has 0 bridgehead atoms. The number of nitrogens with zero attached hydrogens (tertiary/aromatic N) is 2. The Balaban J connectivity index is 2.17. The highest BCUT2D eigenvalue weighted by molar-refractivity contribution is 7.22. The quantitative estimate of drug-likeness (QED) is 0.840. The summed E-state index contributed by atoms with van der Waals surface area (Å²) in [7, 11) is 0. The van der Waals surface area contributed by atoms with E-state index in [1.54, 1.807) is 11.3 Å². The van der Waals surface area contributed by atoms with Crippen molar-refractivity contribution in [2.75, 3.05) is 18.8 Å². The van der Waals surface area contributed by atoms with E-state index in [4.69, 9.17) is 5.73 Å². The van der Waals surface area contributed by atoms with Crippen molar-refractivity contribution in [1.82, 2.24) is 9.88 Å². The van der Waals surface area contributed by atoms with Crippen molar-refractivity contribution in [1.29, 1.82) is 0 Å². The second-order valence-electron chi connectivity index (χ2n) is 4.61. The normalized spacial score (nSPS) is 11.3. The number of likely N-dealkylation sites (N-methyl/N-ethyl adjacent to an activating group) is 1. The number of nitrogens with two attached hydrogens (primary N) is 1. The number of hydrogen-bond acceptors (Lipinski definition) is 4. The fourth-order valence-corrected chi connectivity index (χ4v) is 2.80. The summed E-state index contributed by atoms with van der Waals surface area (Å²) in [6, 6.07) is 6.36. The van der Waals surface area contributed by atoms with Crippen LogP contribution in [0, 0.1) is 0 Å². The average Bonchev–Trinajstić information content (AvgIpc) is 2.67. The van der Waals surface area contributed by atoms with Crippen LogP contribution in [0.15, 0.2) is 30.4 Å². The Morgan fingerprint density at radius 1 is 1.50 bits per heavy atom. The minimum absolute atomic E-state index is 0.636. The predicted molar refractivity (Wildman–Crippen MR) is 79.8 cm³/mol. The van der Waals surface area contributed by atoms with Crippen LogP contribution in [0.4, 0.5) is 5.13 Å². The Morgan fingerprint density at radius 3 is 2.94 bits per heavy atom. The van der Waals surface area contributed by atoms with Crippen LogP contribution in [0.25, 0.3) is 10.2 Å². The van der Waals surface area contributed by atoms with E-state index in [1.807, 2.05) is 6.07 Å². The molecule has 3 nitrogen and oxygen atoms in total. The maximum absolute atomic E-state index is 5.72. The number of fused-ring (bicyclic) bond motifs is 1. The zero-order valence-electron chi connectivity index (χ0n) is 10.9. The molecule has 1 aromatic heterocycles. The van der Waals surface area contributed by atoms with Gasteiger partial charge in [-0.3, -0.25) is 4.90 Å². The molecule has 18 heavy (non-hydrogen) atoms. The first-order valence-electron chi connectivity index (χ1n) is 6.10. The first-order chi connectivity index (χ1) is 8.58. The van der Waals surface area contributed by atoms with Gasteiger partial charge in [0.05, 0.1) is 10.2 Å². The van der Waals surface area contributed by atoms with Crippen molar-refractivity contribution in [3.05, 3.63) is 35.9 Å². The number of hydrogen-bond donors (Lipinski definition) is 1. The highest BCUT2D eigenvalue weighted by Gasteiger charge is 2.06. The van der Waals surface area contributed by atoms with Gasteiger partial charge in [-0.25, -0.2) is 4.98 Å². The lowest BCUT2D eigenvalue weighted by atomic mass is 10.2. The molecule has 0 fully saturated rings. The third-order valence-corrected chi connectivity index (χ3v) is 3.66. The Labute approximate surface area is 112 Å². The number of aromatic nitrogens is 1. The number of rotatable bonds is 5. The summed E-state index contributed by atoms with van der Waals surface area (Å²) in [6.45, 7) is 11.1. The van der Waals surface area contributed by atoms with Gasteiger partial charge in [-0.05, 0) is 31.2 Å². The van der Waals surface area contributed by atoms with Crippen LogP contribution in [0.1, 0.15) is 19.4 Å². The van der Waals surface area contributed by atoms with Crippen LogP contribution in [0.5, 0.6) is 0 Å². The lowest BCUT2D eigenvalue weighted by Gasteiger charge is -2.20. The van der Waals surface area contributed by atoms with E-state index < -0.39 is 0 Å². The van der Waals surface area contributed by atoms with Crippen molar-refractivity contribution in [3.63, 3.8) is 0 Å². The molecule has 0 spiro atoms. The molecule has 0 aliphatic carbocycles. The molecule has 4 heteroatoms. The maximum Gasteiger partial charge on any atom is 0.181 e. The van der Waals surface area contributed by atoms with Crippen LogP contribution in [-0.4, -0.2) is 23.0 Å². The third-order valence-electron chi connectivity index (χ3n) is 2.82. The SMILES string of the molecule is C=C(C)CN(CC)Cc1ccc2nc(N)sc2c1. The van der Waals surface area contributed by atoms with Gasteiger partial charge in [0.2, 0.25) is 0 Å². The molecule has 0 saturated carbocycles. The van der Waals surface area contributed by atoms with Crippen LogP contribution >= 0.6 is 11.3 Å². The van der Waals surface area contributed by atoms with Crippen molar-refractivity contribution in [2.24, 2.45) is 0 Å². The van der Waals surface area contributed by atoms with Crippen molar-refractivity contribution in [2.45, 2.75) is 20.4 Å². The fraction of sp³-hybridized carbons (Fsp3) is 0.357. The number of nitrogen functional groups attached to an aromatic ring is 1. The summed E-state index contributed by atoms with van der Waals surface area (Å²) in [5, 5.41) is 0.636. The Bertz CT molecular complexity index is 559. The molecule has 96 valence electrons. The molecule has 2 rings (SSSR count). The van der Waals surface area contributed by atoms with E-state index in [1.165, 1.54) is 11.1 Å². The van der Waals surface area contributed by atoms with Gasteiger partial charge < -0.3 is 5.73 Å². The van der Waals surface area contributed by atoms with Gasteiger partial charge in [-0.1, -0.05) is 36.5 Å². The minimum Gasteiger partial charge on any atom is -0.375 e. The van der Waals surface area contributed by atoms with Crippen LogP contribution in [0.2, 0.25) is 0 Å². The van der Waals surface area contributed by atoms with Gasteiger partial charge in [0.15, 0.2) is 5.13 Å². The average molecular weight is 261 g/mol. The molecule has 2 aromatic rings. The highest BCUT2D eigenvalue weighted by atomic mass is 32.1. The van der Waals surface area contributed by atoms with Crippen LogP contribution in [0.3, 0.4) is 0 Å². The van der Waals surface area contributed by atoms with E-state index in [-0.39, 0.29) is 0 Å². The van der Waals surface area contributed by atoms with Gasteiger partial charge in [-0.15, -0.1) is 0 Å². The molecule has 0 aliphatic heterocycles. The van der Waals surface area contributed by atoms with Gasteiger partial charge in [0, 0.05) is 13.1 Å². The van der Waals surface area contributed by atoms with E-state index in [0.717, 1.165) is 29.9 Å². The highest BCUT2D eigenvalue weighted by Crippen LogP contribution is 2.25. The molecule has 0 saturated heterocycles. The second-order valence-corrected chi connectivity index (χ2v) is 5.68. The summed E-state index contributed by atoms with van der Waals surface area (Å²) < 4.78 is 1.16. The summed E-state index contributed by atoms with van der Waals surface area (Å²) in [4.78, 5) is 6.64. The van der Waals surface area contributed by atoms with Crippen molar-refractivity contribution in [3.8, 4) is 0 Å². The van der Waals surface area contributed by atoms with Gasteiger partial charge in [0.1, 0.15) is 0 Å². The third kappa shape index (κ3) is 3.09. The summed E-state index contributed by atoms with van der Waals surface area (Å²) >= 11 is 1.55. The van der Waals surface area contributed by atoms with Crippen LogP contribution < -0.4 is 5.73 Å². The lowest BCUT2D eigenvalue weighted by Crippen LogP contribution is -2.24. The van der Waals surface area contributed by atoms with Crippen molar-refractivity contribution < 1.29 is 0 Å². The Hall–Kier alpha value is -1.39. The zero-order chi connectivity index (χ0) is 13.1. The van der Waals surface area contributed by atoms with Gasteiger partial charge in [-0.2, -0.15) is 0 Å². The fourth-order valence-electron chi connectivity index (χ4n) is 2.00. The van der Waals surface area contributed by atoms with Crippen LogP contribution in [-0.2, 0) is 6.54 Å². The summed E-state index contributed by atoms with van der Waals surface area (Å²) in [6.07, 6.45) is 0. The molecule has 2 N–H and O–H groups in total. The summed E-state index contributed by atoms with van der Waals surface area (Å²) in [5.41, 5.74) is 9.20. The lowest BCUT2D eigenvalue weighted by molar-refractivity contribution is 0.305. The molecule has 0 amide bonds. The monoisotopic (exact) mass is 261 g/mol. The molecule has 0 atom stereocenters. The largest absolute Gasteiger partial charge is 0.375 e. The summed E-state index contributed by atoms with van der Waals surface area (Å²) in [5.74, 6) is 0. The molecular weight excluding hydrogens is 242 g/mol. The molecule has 0 radical (unpaired) electrons. The maximum atomic E-state index is 5.72. The topological polar surface area (TPSA) is 42.2 Å². The molecule has 0 aliphatic rings. The van der Waals surface area contributed by atoms with E-state index in [0.29, 0.717) is 5.13 Å². The van der Waals surface area contributed by atoms with Gasteiger partial charge in [0.25, 0.3) is 0 Å².